The second-order valence-corrected chi connectivity index (χ2v) is 9.93. The van der Waals surface area contributed by atoms with Crippen LogP contribution in [0.2, 0.25) is 0 Å². The number of nitrogens with zero attached hydrogens (tertiary/aromatic N) is 5. The number of para-hydroxylation sites is 1. The first-order chi connectivity index (χ1) is 16.6. The van der Waals surface area contributed by atoms with Gasteiger partial charge in [-0.3, -0.25) is 4.79 Å². The molecule has 0 fully saturated rings. The third-order valence-corrected chi connectivity index (χ3v) is 7.62. The fourth-order valence-corrected chi connectivity index (χ4v) is 5.73. The molecule has 174 valence electrons. The molecule has 2 aromatic heterocycles. The molecule has 3 heterocycles. The number of rotatable bonds is 7. The number of thioether (sulfide) groups is 1. The number of methoxy groups -OCH3 is 1. The first-order valence-electron chi connectivity index (χ1n) is 11.1. The van der Waals surface area contributed by atoms with Gasteiger partial charge >= 0.3 is 0 Å². The van der Waals surface area contributed by atoms with E-state index in [4.69, 9.17) is 4.74 Å². The van der Waals surface area contributed by atoms with E-state index in [1.54, 1.807) is 18.4 Å². The van der Waals surface area contributed by atoms with Gasteiger partial charge < -0.3 is 14.2 Å². The first-order valence-corrected chi connectivity index (χ1v) is 13.0. The van der Waals surface area contributed by atoms with Gasteiger partial charge in [-0.25, -0.2) is 4.98 Å². The van der Waals surface area contributed by atoms with Crippen LogP contribution in [0.25, 0.3) is 22.6 Å². The highest BCUT2D eigenvalue weighted by molar-refractivity contribution is 7.99. The highest BCUT2D eigenvalue weighted by Crippen LogP contribution is 2.34. The molecule has 7 nitrogen and oxygen atoms in total. The SMILES string of the molecule is CCn1c(SCC(=O)N2CCc3cc(-c4csc(C)n4)ccc32)nnc1-c1ccccc1OC. The molecule has 1 amide bonds. The zero-order valence-corrected chi connectivity index (χ0v) is 20.9. The number of anilines is 1. The number of carbonyl (C=O) groups is 1. The predicted molar refractivity (Wildman–Crippen MR) is 137 cm³/mol. The summed E-state index contributed by atoms with van der Waals surface area (Å²) >= 11 is 3.07. The number of aromatic nitrogens is 4. The van der Waals surface area contributed by atoms with Gasteiger partial charge in [0, 0.05) is 29.7 Å². The van der Waals surface area contributed by atoms with Crippen molar-refractivity contribution >= 4 is 34.7 Å². The van der Waals surface area contributed by atoms with E-state index in [2.05, 4.69) is 32.7 Å². The Morgan fingerprint density at radius 2 is 2.06 bits per heavy atom. The molecule has 5 rings (SSSR count). The highest BCUT2D eigenvalue weighted by Gasteiger charge is 2.26. The van der Waals surface area contributed by atoms with Crippen LogP contribution >= 0.6 is 23.1 Å². The topological polar surface area (TPSA) is 73.1 Å². The van der Waals surface area contributed by atoms with E-state index >= 15 is 0 Å². The van der Waals surface area contributed by atoms with Crippen molar-refractivity contribution in [2.24, 2.45) is 0 Å². The Labute approximate surface area is 206 Å². The van der Waals surface area contributed by atoms with Crippen LogP contribution in [0.3, 0.4) is 0 Å². The first kappa shape index (κ1) is 22.6. The molecular formula is C25H25N5O2S2. The molecule has 0 bridgehead atoms. The Morgan fingerprint density at radius 1 is 1.21 bits per heavy atom. The molecule has 0 spiro atoms. The lowest BCUT2D eigenvalue weighted by Crippen LogP contribution is -2.30. The minimum absolute atomic E-state index is 0.0745. The zero-order chi connectivity index (χ0) is 23.7. The second kappa shape index (κ2) is 9.60. The van der Waals surface area contributed by atoms with Crippen molar-refractivity contribution in [3.8, 4) is 28.4 Å². The minimum Gasteiger partial charge on any atom is -0.496 e. The number of ether oxygens (including phenoxy) is 1. The summed E-state index contributed by atoms with van der Waals surface area (Å²) in [5.74, 6) is 1.87. The molecule has 1 aliphatic rings. The van der Waals surface area contributed by atoms with Crippen molar-refractivity contribution in [2.75, 3.05) is 24.3 Å². The van der Waals surface area contributed by atoms with Gasteiger partial charge in [0.25, 0.3) is 0 Å². The Kier molecular flexibility index (Phi) is 6.38. The molecular weight excluding hydrogens is 466 g/mol. The molecule has 0 unspecified atom stereocenters. The zero-order valence-electron chi connectivity index (χ0n) is 19.3. The summed E-state index contributed by atoms with van der Waals surface area (Å²) in [6.07, 6.45) is 0.853. The standard InChI is InChI=1S/C25H25N5O2S2/c1-4-29-24(19-7-5-6-8-22(19)32-3)27-28-25(29)34-15-23(31)30-12-11-18-13-17(9-10-21(18)30)20-14-33-16(2)26-20/h5-10,13-14H,4,11-12,15H2,1-3H3. The van der Waals surface area contributed by atoms with Crippen molar-refractivity contribution in [2.45, 2.75) is 32.0 Å². The maximum absolute atomic E-state index is 13.1. The smallest absolute Gasteiger partial charge is 0.237 e. The van der Waals surface area contributed by atoms with Gasteiger partial charge in [0.05, 0.1) is 29.1 Å². The van der Waals surface area contributed by atoms with Crippen LogP contribution < -0.4 is 9.64 Å². The molecule has 9 heteroatoms. The number of thiazole rings is 1. The summed E-state index contributed by atoms with van der Waals surface area (Å²) in [6.45, 7) is 5.45. The average molecular weight is 492 g/mol. The minimum atomic E-state index is 0.0745. The number of hydrogen-bond donors (Lipinski definition) is 0. The molecule has 0 atom stereocenters. The fraction of sp³-hybridized carbons (Fsp3) is 0.280. The van der Waals surface area contributed by atoms with Crippen LogP contribution in [0.4, 0.5) is 5.69 Å². The van der Waals surface area contributed by atoms with Crippen LogP contribution in [0.5, 0.6) is 5.75 Å². The summed E-state index contributed by atoms with van der Waals surface area (Å²) in [6, 6.07) is 14.0. The van der Waals surface area contributed by atoms with E-state index in [-0.39, 0.29) is 5.91 Å². The van der Waals surface area contributed by atoms with Crippen molar-refractivity contribution in [3.05, 3.63) is 58.4 Å². The number of carbonyl (C=O) groups excluding carboxylic acids is 1. The van der Waals surface area contributed by atoms with Gasteiger partial charge in [0.15, 0.2) is 11.0 Å². The Morgan fingerprint density at radius 3 is 2.82 bits per heavy atom. The van der Waals surface area contributed by atoms with Crippen molar-refractivity contribution < 1.29 is 9.53 Å². The molecule has 0 radical (unpaired) electrons. The van der Waals surface area contributed by atoms with Gasteiger partial charge in [-0.05, 0) is 50.1 Å². The molecule has 4 aromatic rings. The molecule has 0 saturated carbocycles. The molecule has 1 aliphatic heterocycles. The van der Waals surface area contributed by atoms with Gasteiger partial charge in [0.1, 0.15) is 5.75 Å². The summed E-state index contributed by atoms with van der Waals surface area (Å²) in [5.41, 5.74) is 5.17. The molecule has 0 saturated heterocycles. The molecule has 0 N–H and O–H groups in total. The van der Waals surface area contributed by atoms with E-state index in [9.17, 15) is 4.79 Å². The van der Waals surface area contributed by atoms with E-state index in [1.165, 1.54) is 17.3 Å². The molecule has 0 aliphatic carbocycles. The van der Waals surface area contributed by atoms with E-state index in [0.717, 1.165) is 50.7 Å². The number of hydrogen-bond acceptors (Lipinski definition) is 7. The van der Waals surface area contributed by atoms with Gasteiger partial charge in [0.2, 0.25) is 5.91 Å². The number of aryl methyl sites for hydroxylation is 1. The molecule has 2 aromatic carbocycles. The fourth-order valence-electron chi connectivity index (χ4n) is 4.23. The van der Waals surface area contributed by atoms with Gasteiger partial charge in [-0.15, -0.1) is 21.5 Å². The van der Waals surface area contributed by atoms with E-state index in [0.29, 0.717) is 18.8 Å². The van der Waals surface area contributed by atoms with Gasteiger partial charge in [-0.2, -0.15) is 0 Å². The van der Waals surface area contributed by atoms with E-state index < -0.39 is 0 Å². The van der Waals surface area contributed by atoms with Crippen LogP contribution in [-0.2, 0) is 17.8 Å². The summed E-state index contributed by atoms with van der Waals surface area (Å²) in [4.78, 5) is 19.6. The van der Waals surface area contributed by atoms with Crippen molar-refractivity contribution in [3.63, 3.8) is 0 Å². The van der Waals surface area contributed by atoms with E-state index in [1.807, 2.05) is 53.6 Å². The maximum Gasteiger partial charge on any atom is 0.237 e. The summed E-state index contributed by atoms with van der Waals surface area (Å²) in [5, 5.41) is 12.6. The predicted octanol–water partition coefficient (Wildman–Crippen LogP) is 5.09. The maximum atomic E-state index is 13.1. The Hall–Kier alpha value is -3.17. The number of benzene rings is 2. The van der Waals surface area contributed by atoms with Crippen molar-refractivity contribution in [1.82, 2.24) is 19.7 Å². The van der Waals surface area contributed by atoms with Crippen LogP contribution in [0.1, 0.15) is 17.5 Å². The summed E-state index contributed by atoms with van der Waals surface area (Å²) < 4.78 is 7.52. The molecule has 34 heavy (non-hydrogen) atoms. The van der Waals surface area contributed by atoms with Crippen molar-refractivity contribution in [1.29, 1.82) is 0 Å². The largest absolute Gasteiger partial charge is 0.496 e. The third-order valence-electron chi connectivity index (χ3n) is 5.90. The normalized spacial score (nSPS) is 12.7. The van der Waals surface area contributed by atoms with Gasteiger partial charge in [-0.1, -0.05) is 30.0 Å². The van der Waals surface area contributed by atoms with Crippen LogP contribution in [0.15, 0.2) is 53.0 Å². The number of fused-ring (bicyclic) bond motifs is 1. The lowest BCUT2D eigenvalue weighted by Gasteiger charge is -2.17. The van der Waals surface area contributed by atoms with Crippen LogP contribution in [-0.4, -0.2) is 45.1 Å². The lowest BCUT2D eigenvalue weighted by molar-refractivity contribution is -0.116. The quantitative estimate of drug-likeness (QED) is 0.336. The van der Waals surface area contributed by atoms with Crippen LogP contribution in [0, 0.1) is 6.92 Å². The number of amides is 1. The monoisotopic (exact) mass is 491 g/mol. The third kappa shape index (κ3) is 4.21. The Bertz CT molecular complexity index is 1350. The highest BCUT2D eigenvalue weighted by atomic mass is 32.2. The lowest BCUT2D eigenvalue weighted by atomic mass is 10.1. The second-order valence-electron chi connectivity index (χ2n) is 7.93. The average Bonchev–Trinajstić information content (AvgIpc) is 3.59. The Balaban J connectivity index is 1.31. The summed E-state index contributed by atoms with van der Waals surface area (Å²) in [7, 11) is 1.65.